The number of halogens is 4. The fourth-order valence-electron chi connectivity index (χ4n) is 0.708. The highest BCUT2D eigenvalue weighted by atomic mass is 79.9. The van der Waals surface area contributed by atoms with Gasteiger partial charge in [0.2, 0.25) is 0 Å². The first-order valence-electron chi connectivity index (χ1n) is 3.59. The zero-order valence-corrected chi connectivity index (χ0v) is 9.50. The lowest BCUT2D eigenvalue weighted by Gasteiger charge is -2.11. The van der Waals surface area contributed by atoms with Crippen LogP contribution in [0.3, 0.4) is 0 Å². The minimum absolute atomic E-state index is 0.0469. The van der Waals surface area contributed by atoms with Crippen molar-refractivity contribution < 1.29 is 18.3 Å². The summed E-state index contributed by atoms with van der Waals surface area (Å²) in [6.45, 7) is -0.441. The molecule has 0 fully saturated rings. The lowest BCUT2D eigenvalue weighted by molar-refractivity contribution is -0.0286. The zero-order chi connectivity index (χ0) is 11.0. The Bertz CT molecular complexity index is 323. The molecule has 7 heteroatoms. The molecule has 0 bridgehead atoms. The zero-order valence-electron chi connectivity index (χ0n) is 7.10. The van der Waals surface area contributed by atoms with Crippen LogP contribution in [0.1, 0.15) is 17.6 Å². The van der Waals surface area contributed by atoms with Crippen LogP contribution in [0.4, 0.5) is 13.2 Å². The number of alkyl halides is 4. The van der Waals surface area contributed by atoms with Gasteiger partial charge in [-0.2, -0.15) is 8.78 Å². The molecule has 1 N–H and O–H groups in total. The van der Waals surface area contributed by atoms with E-state index in [1.54, 1.807) is 0 Å². The molecule has 80 valence electrons. The van der Waals surface area contributed by atoms with Gasteiger partial charge in [-0.05, 0) is 22.9 Å². The third kappa shape index (κ3) is 2.46. The van der Waals surface area contributed by atoms with E-state index in [2.05, 4.69) is 20.9 Å². The van der Waals surface area contributed by atoms with Gasteiger partial charge in [-0.25, -0.2) is 9.37 Å². The van der Waals surface area contributed by atoms with Gasteiger partial charge in [0.25, 0.3) is 0 Å². The van der Waals surface area contributed by atoms with E-state index in [0.29, 0.717) is 11.3 Å². The number of aliphatic hydroxyl groups is 1. The lowest BCUT2D eigenvalue weighted by Crippen LogP contribution is -2.17. The Labute approximate surface area is 90.9 Å². The third-order valence-corrected chi connectivity index (χ3v) is 2.81. The van der Waals surface area contributed by atoms with Gasteiger partial charge in [-0.3, -0.25) is 0 Å². The van der Waals surface area contributed by atoms with Crippen molar-refractivity contribution in [2.75, 3.05) is 6.67 Å². The SMILES string of the molecule is C[C@@](O)(Br)c1csc(C(F)(F)CF)n1. The molecule has 0 saturated heterocycles. The highest BCUT2D eigenvalue weighted by molar-refractivity contribution is 9.09. The molecule has 0 aromatic carbocycles. The molecule has 0 spiro atoms. The molecule has 0 aliphatic rings. The number of nitrogens with zero attached hydrogens (tertiary/aromatic N) is 1. The Morgan fingerprint density at radius 2 is 2.21 bits per heavy atom. The third-order valence-electron chi connectivity index (χ3n) is 1.45. The van der Waals surface area contributed by atoms with Gasteiger partial charge in [0, 0.05) is 5.38 Å². The number of aromatic nitrogens is 1. The van der Waals surface area contributed by atoms with Gasteiger partial charge in [0.15, 0.2) is 16.2 Å². The molecule has 0 aliphatic heterocycles. The van der Waals surface area contributed by atoms with Crippen LogP contribution in [0.25, 0.3) is 0 Å². The number of rotatable bonds is 3. The Morgan fingerprint density at radius 1 is 1.64 bits per heavy atom. The van der Waals surface area contributed by atoms with Crippen LogP contribution in [0, 0.1) is 0 Å². The highest BCUT2D eigenvalue weighted by Gasteiger charge is 2.36. The number of hydrogen-bond acceptors (Lipinski definition) is 3. The molecule has 0 saturated carbocycles. The van der Waals surface area contributed by atoms with Crippen LogP contribution in [-0.2, 0) is 10.4 Å². The van der Waals surface area contributed by atoms with Crippen LogP contribution in [-0.4, -0.2) is 16.8 Å². The van der Waals surface area contributed by atoms with Gasteiger partial charge >= 0.3 is 5.92 Å². The standard InChI is InChI=1S/C7H7BrF3NOS/c1-6(8,13)4-2-14-5(12-4)7(10,11)3-9/h2,13H,3H2,1H3/t6-/m0/s1. The van der Waals surface area contributed by atoms with Gasteiger partial charge in [0.1, 0.15) is 0 Å². The van der Waals surface area contributed by atoms with E-state index >= 15 is 0 Å². The van der Waals surface area contributed by atoms with Crippen molar-refractivity contribution >= 4 is 27.3 Å². The summed E-state index contributed by atoms with van der Waals surface area (Å²) in [6.07, 6.45) is 0. The molecule has 1 heterocycles. The Kier molecular flexibility index (Phi) is 3.23. The van der Waals surface area contributed by atoms with Crippen molar-refractivity contribution in [3.8, 4) is 0 Å². The van der Waals surface area contributed by atoms with Crippen molar-refractivity contribution in [1.29, 1.82) is 0 Å². The van der Waals surface area contributed by atoms with E-state index in [9.17, 15) is 18.3 Å². The first-order chi connectivity index (χ1) is 6.27. The average Bonchev–Trinajstić information content (AvgIpc) is 2.51. The van der Waals surface area contributed by atoms with Crippen LogP contribution in [0.5, 0.6) is 0 Å². The highest BCUT2D eigenvalue weighted by Crippen LogP contribution is 2.35. The summed E-state index contributed by atoms with van der Waals surface area (Å²) in [6, 6.07) is 0. The molecule has 1 aromatic rings. The van der Waals surface area contributed by atoms with Crippen LogP contribution in [0.2, 0.25) is 0 Å². The minimum atomic E-state index is -3.57. The molecular formula is C7H7BrF3NOS. The van der Waals surface area contributed by atoms with Crippen molar-refractivity contribution in [1.82, 2.24) is 4.98 Å². The fraction of sp³-hybridized carbons (Fsp3) is 0.571. The quantitative estimate of drug-likeness (QED) is 0.868. The second-order valence-electron chi connectivity index (χ2n) is 2.83. The summed E-state index contributed by atoms with van der Waals surface area (Å²) >= 11 is 3.47. The predicted octanol–water partition coefficient (Wildman–Crippen LogP) is 2.76. The topological polar surface area (TPSA) is 33.1 Å². The first-order valence-corrected chi connectivity index (χ1v) is 5.26. The molecule has 14 heavy (non-hydrogen) atoms. The first kappa shape index (κ1) is 11.9. The van der Waals surface area contributed by atoms with E-state index in [0.717, 1.165) is 0 Å². The maximum absolute atomic E-state index is 12.8. The molecule has 0 aliphatic carbocycles. The normalized spacial score (nSPS) is 16.7. The maximum atomic E-state index is 12.8. The Hall–Kier alpha value is -0.140. The maximum Gasteiger partial charge on any atom is 0.326 e. The van der Waals surface area contributed by atoms with E-state index in [4.69, 9.17) is 0 Å². The number of hydrogen-bond donors (Lipinski definition) is 1. The van der Waals surface area contributed by atoms with Gasteiger partial charge in [-0.1, -0.05) is 0 Å². The smallest absolute Gasteiger partial charge is 0.326 e. The van der Waals surface area contributed by atoms with E-state index < -0.39 is 22.1 Å². The van der Waals surface area contributed by atoms with Crippen molar-refractivity contribution in [2.24, 2.45) is 0 Å². The van der Waals surface area contributed by atoms with Crippen LogP contribution in [0.15, 0.2) is 5.38 Å². The molecule has 1 rings (SSSR count). The molecule has 1 aromatic heterocycles. The van der Waals surface area contributed by atoms with Crippen molar-refractivity contribution in [3.63, 3.8) is 0 Å². The molecule has 2 nitrogen and oxygen atoms in total. The minimum Gasteiger partial charge on any atom is -0.373 e. The monoisotopic (exact) mass is 289 g/mol. The summed E-state index contributed by atoms with van der Waals surface area (Å²) in [5.41, 5.74) is 0.0469. The largest absolute Gasteiger partial charge is 0.373 e. The molecule has 0 amide bonds. The fourth-order valence-corrected chi connectivity index (χ4v) is 1.95. The van der Waals surface area contributed by atoms with Crippen LogP contribution >= 0.6 is 27.3 Å². The van der Waals surface area contributed by atoms with E-state index in [1.807, 2.05) is 0 Å². The average molecular weight is 290 g/mol. The van der Waals surface area contributed by atoms with E-state index in [-0.39, 0.29) is 5.69 Å². The Morgan fingerprint density at radius 3 is 2.57 bits per heavy atom. The second-order valence-corrected chi connectivity index (χ2v) is 5.23. The van der Waals surface area contributed by atoms with Crippen LogP contribution < -0.4 is 0 Å². The van der Waals surface area contributed by atoms with Crippen molar-refractivity contribution in [2.45, 2.75) is 17.4 Å². The van der Waals surface area contributed by atoms with Gasteiger partial charge in [0.05, 0.1) is 5.69 Å². The van der Waals surface area contributed by atoms with E-state index in [1.165, 1.54) is 12.3 Å². The molecule has 1 atom stereocenters. The van der Waals surface area contributed by atoms with Gasteiger partial charge < -0.3 is 5.11 Å². The predicted molar refractivity (Wildman–Crippen MR) is 50.5 cm³/mol. The Balaban J connectivity index is 3.00. The summed E-state index contributed by atoms with van der Waals surface area (Å²) in [5, 5.41) is 9.99. The summed E-state index contributed by atoms with van der Waals surface area (Å²) in [7, 11) is 0. The van der Waals surface area contributed by atoms with Crippen molar-refractivity contribution in [3.05, 3.63) is 16.1 Å². The summed E-state index contributed by atoms with van der Waals surface area (Å²) in [5.74, 6) is -3.57. The second kappa shape index (κ2) is 3.79. The summed E-state index contributed by atoms with van der Waals surface area (Å²) < 4.78 is 36.0. The number of thiazole rings is 1. The summed E-state index contributed by atoms with van der Waals surface area (Å²) in [4.78, 5) is 3.46. The molecular weight excluding hydrogens is 283 g/mol. The lowest BCUT2D eigenvalue weighted by atomic mass is 10.3. The van der Waals surface area contributed by atoms with Gasteiger partial charge in [-0.15, -0.1) is 11.3 Å². The molecule has 0 radical (unpaired) electrons. The molecule has 0 unspecified atom stereocenters.